The molecule has 3 fully saturated rings. The maximum Gasteiger partial charge on any atom is 0.252 e. The fraction of sp³-hybridized carbons (Fsp3) is 0.632. The van der Waals surface area contributed by atoms with Gasteiger partial charge >= 0.3 is 0 Å². The standard InChI is InChI=1S/C19H20ClF2N5O4/c1-18(2)30-13-10(6-28)29-17(14(13)31-18)27-7-24-12-11(25-8-3-19(21,22)4-8)9(5-23)15(20)26-16(12)27/h7-8,10,13-14,17,28H,3-4,6H2,1-2H3,(H,25,26)/t10-,13-,14-,17-/m1/s1. The predicted molar refractivity (Wildman–Crippen MR) is 104 cm³/mol. The number of rotatable bonds is 4. The summed E-state index contributed by atoms with van der Waals surface area (Å²) in [7, 11) is 0. The molecule has 0 radical (unpaired) electrons. The van der Waals surface area contributed by atoms with Crippen LogP contribution in [-0.4, -0.2) is 62.3 Å². The van der Waals surface area contributed by atoms with Crippen LogP contribution >= 0.6 is 11.6 Å². The van der Waals surface area contributed by atoms with Gasteiger partial charge < -0.3 is 24.6 Å². The number of aromatic nitrogens is 3. The van der Waals surface area contributed by atoms with Crippen LogP contribution in [0.5, 0.6) is 0 Å². The van der Waals surface area contributed by atoms with Gasteiger partial charge in [-0.05, 0) is 13.8 Å². The lowest BCUT2D eigenvalue weighted by molar-refractivity contribution is -0.199. The molecule has 2 saturated heterocycles. The fourth-order valence-corrected chi connectivity index (χ4v) is 4.66. The lowest BCUT2D eigenvalue weighted by Gasteiger charge is -2.36. The number of fused-ring (bicyclic) bond motifs is 2. The molecule has 9 nitrogen and oxygen atoms in total. The summed E-state index contributed by atoms with van der Waals surface area (Å²) >= 11 is 6.26. The van der Waals surface area contributed by atoms with Gasteiger partial charge in [0.25, 0.3) is 5.92 Å². The van der Waals surface area contributed by atoms with Crippen LogP contribution in [0, 0.1) is 11.3 Å². The van der Waals surface area contributed by atoms with Crippen molar-refractivity contribution < 1.29 is 28.1 Å². The molecule has 0 unspecified atom stereocenters. The molecule has 2 aromatic heterocycles. The van der Waals surface area contributed by atoms with Gasteiger partial charge in [0.2, 0.25) is 0 Å². The number of imidazole rings is 1. The van der Waals surface area contributed by atoms with E-state index in [1.165, 1.54) is 6.33 Å². The minimum absolute atomic E-state index is 0.0367. The molecule has 0 spiro atoms. The third-order valence-corrected chi connectivity index (χ3v) is 6.07. The Labute approximate surface area is 180 Å². The second-order valence-electron chi connectivity index (χ2n) is 8.51. The van der Waals surface area contributed by atoms with E-state index in [9.17, 15) is 19.1 Å². The van der Waals surface area contributed by atoms with Crippen LogP contribution in [0.3, 0.4) is 0 Å². The summed E-state index contributed by atoms with van der Waals surface area (Å²) < 4.78 is 46.0. The van der Waals surface area contributed by atoms with Gasteiger partial charge in [-0.3, -0.25) is 4.57 Å². The minimum atomic E-state index is -2.72. The van der Waals surface area contributed by atoms with Crippen molar-refractivity contribution in [3.8, 4) is 6.07 Å². The van der Waals surface area contributed by atoms with Crippen LogP contribution in [0.4, 0.5) is 14.5 Å². The molecular weight excluding hydrogens is 436 g/mol. The zero-order valence-corrected chi connectivity index (χ0v) is 17.4. The second-order valence-corrected chi connectivity index (χ2v) is 8.86. The maximum atomic E-state index is 13.3. The van der Waals surface area contributed by atoms with Gasteiger partial charge in [-0.25, -0.2) is 18.7 Å². The summed E-state index contributed by atoms with van der Waals surface area (Å²) in [5.41, 5.74) is 0.902. The highest BCUT2D eigenvalue weighted by molar-refractivity contribution is 6.31. The highest BCUT2D eigenvalue weighted by Crippen LogP contribution is 2.45. The molecule has 2 aliphatic heterocycles. The number of aliphatic hydroxyl groups excluding tert-OH is 1. The Bertz CT molecular complexity index is 1080. The molecule has 0 aromatic carbocycles. The van der Waals surface area contributed by atoms with E-state index in [1.54, 1.807) is 18.4 Å². The average Bonchev–Trinajstić information content (AvgIpc) is 3.30. The first-order chi connectivity index (χ1) is 14.6. The van der Waals surface area contributed by atoms with Crippen LogP contribution in [-0.2, 0) is 14.2 Å². The molecule has 5 rings (SSSR count). The number of halogens is 3. The molecule has 1 aliphatic carbocycles. The summed E-state index contributed by atoms with van der Waals surface area (Å²) in [5, 5.41) is 22.2. The zero-order valence-electron chi connectivity index (χ0n) is 16.7. The summed E-state index contributed by atoms with van der Waals surface area (Å²) in [6.07, 6.45) is -1.58. The van der Waals surface area contributed by atoms with E-state index in [0.717, 1.165) is 0 Å². The Hall–Kier alpha value is -2.10. The Balaban J connectivity index is 1.55. The Kier molecular flexibility index (Phi) is 4.66. The van der Waals surface area contributed by atoms with Crippen molar-refractivity contribution in [2.45, 2.75) is 69.0 Å². The van der Waals surface area contributed by atoms with Gasteiger partial charge in [-0.15, -0.1) is 0 Å². The number of ether oxygens (including phenoxy) is 3. The lowest BCUT2D eigenvalue weighted by atomic mass is 9.88. The molecule has 0 bridgehead atoms. The second kappa shape index (κ2) is 6.95. The van der Waals surface area contributed by atoms with E-state index in [1.807, 2.05) is 6.07 Å². The van der Waals surface area contributed by atoms with Crippen molar-refractivity contribution in [2.24, 2.45) is 0 Å². The van der Waals surface area contributed by atoms with E-state index in [-0.39, 0.29) is 35.9 Å². The molecule has 0 amide bonds. The molecule has 12 heteroatoms. The molecular formula is C19H20ClF2N5O4. The number of hydrogen-bond donors (Lipinski definition) is 2. The smallest absolute Gasteiger partial charge is 0.252 e. The Morgan fingerprint density at radius 2 is 2.06 bits per heavy atom. The maximum absolute atomic E-state index is 13.3. The lowest BCUT2D eigenvalue weighted by Crippen LogP contribution is -2.44. The Morgan fingerprint density at radius 1 is 1.35 bits per heavy atom. The summed E-state index contributed by atoms with van der Waals surface area (Å²) in [6, 6.07) is 1.46. The number of nitrogens with zero attached hydrogens (tertiary/aromatic N) is 4. The monoisotopic (exact) mass is 455 g/mol. The fourth-order valence-electron chi connectivity index (χ4n) is 4.44. The first kappa shape index (κ1) is 20.8. The van der Waals surface area contributed by atoms with Gasteiger partial charge in [-0.1, -0.05) is 11.6 Å². The minimum Gasteiger partial charge on any atom is -0.394 e. The number of pyridine rings is 1. The van der Waals surface area contributed by atoms with Crippen molar-refractivity contribution >= 4 is 28.5 Å². The third-order valence-electron chi connectivity index (χ3n) is 5.79. The van der Waals surface area contributed by atoms with Crippen LogP contribution in [0.2, 0.25) is 5.15 Å². The SMILES string of the molecule is CC1(C)O[C@@H]2[C@H](O1)[C@@H](CO)O[C@H]2n1cnc2c(NC3CC(F)(F)C3)c(C#N)c(Cl)nc21. The summed E-state index contributed by atoms with van der Waals surface area (Å²) in [6.45, 7) is 3.28. The number of nitriles is 1. The highest BCUT2D eigenvalue weighted by atomic mass is 35.5. The van der Waals surface area contributed by atoms with E-state index in [2.05, 4.69) is 15.3 Å². The van der Waals surface area contributed by atoms with E-state index in [0.29, 0.717) is 11.2 Å². The zero-order chi connectivity index (χ0) is 22.1. The van der Waals surface area contributed by atoms with Gasteiger partial charge in [0.1, 0.15) is 35.5 Å². The van der Waals surface area contributed by atoms with Gasteiger partial charge in [0, 0.05) is 18.9 Å². The van der Waals surface area contributed by atoms with Crippen molar-refractivity contribution in [2.75, 3.05) is 11.9 Å². The van der Waals surface area contributed by atoms with Crippen LogP contribution in [0.15, 0.2) is 6.33 Å². The van der Waals surface area contributed by atoms with Crippen molar-refractivity contribution in [3.05, 3.63) is 17.0 Å². The largest absolute Gasteiger partial charge is 0.394 e. The van der Waals surface area contributed by atoms with E-state index >= 15 is 0 Å². The first-order valence-electron chi connectivity index (χ1n) is 9.85. The summed E-state index contributed by atoms with van der Waals surface area (Å²) in [5.74, 6) is -3.58. The number of alkyl halides is 2. The molecule has 166 valence electrons. The van der Waals surface area contributed by atoms with Crippen LogP contribution < -0.4 is 5.32 Å². The van der Waals surface area contributed by atoms with Gasteiger partial charge in [0.05, 0.1) is 18.6 Å². The van der Waals surface area contributed by atoms with Crippen LogP contribution in [0.25, 0.3) is 11.2 Å². The third kappa shape index (κ3) is 3.34. The summed E-state index contributed by atoms with van der Waals surface area (Å²) in [4.78, 5) is 8.67. The first-order valence-corrected chi connectivity index (χ1v) is 10.2. The number of hydrogen-bond acceptors (Lipinski definition) is 8. The highest BCUT2D eigenvalue weighted by Gasteiger charge is 2.56. The topological polar surface area (TPSA) is 114 Å². The number of nitrogens with one attached hydrogen (secondary N) is 1. The van der Waals surface area contributed by atoms with Crippen molar-refractivity contribution in [3.63, 3.8) is 0 Å². The number of aliphatic hydroxyl groups is 1. The molecule has 2 aromatic rings. The normalized spacial score (nSPS) is 31.4. The average molecular weight is 456 g/mol. The van der Waals surface area contributed by atoms with Crippen molar-refractivity contribution in [1.29, 1.82) is 5.26 Å². The molecule has 2 N–H and O–H groups in total. The molecule has 4 atom stereocenters. The number of anilines is 1. The van der Waals surface area contributed by atoms with Crippen LogP contribution in [0.1, 0.15) is 38.5 Å². The van der Waals surface area contributed by atoms with Gasteiger partial charge in [0.15, 0.2) is 22.8 Å². The molecule has 31 heavy (non-hydrogen) atoms. The van der Waals surface area contributed by atoms with E-state index < -0.39 is 42.3 Å². The quantitative estimate of drug-likeness (QED) is 0.676. The molecule has 1 saturated carbocycles. The molecule has 3 aliphatic rings. The predicted octanol–water partition coefficient (Wildman–Crippen LogP) is 2.58. The Morgan fingerprint density at radius 3 is 2.71 bits per heavy atom. The van der Waals surface area contributed by atoms with Gasteiger partial charge in [-0.2, -0.15) is 5.26 Å². The van der Waals surface area contributed by atoms with Crippen molar-refractivity contribution in [1.82, 2.24) is 14.5 Å². The molecule has 4 heterocycles. The van der Waals surface area contributed by atoms with E-state index in [4.69, 9.17) is 25.8 Å².